The van der Waals surface area contributed by atoms with Gasteiger partial charge in [0.25, 0.3) is 0 Å². The zero-order valence-electron chi connectivity index (χ0n) is 18.0. The first-order valence-electron chi connectivity index (χ1n) is 10.2. The summed E-state index contributed by atoms with van der Waals surface area (Å²) < 4.78 is 2.06. The lowest BCUT2D eigenvalue weighted by atomic mass is 10.2. The minimum atomic E-state index is 0. The maximum atomic E-state index is 4.72. The second-order valence-corrected chi connectivity index (χ2v) is 7.41. The van der Waals surface area contributed by atoms with Crippen LogP contribution in [0.1, 0.15) is 46.7 Å². The molecule has 0 amide bonds. The van der Waals surface area contributed by atoms with Crippen LogP contribution in [0.2, 0.25) is 0 Å². The highest BCUT2D eigenvalue weighted by molar-refractivity contribution is 14.0. The van der Waals surface area contributed by atoms with Gasteiger partial charge in [0.2, 0.25) is 0 Å². The first-order chi connectivity index (χ1) is 13.0. The summed E-state index contributed by atoms with van der Waals surface area (Å²) in [5, 5.41) is 6.75. The first-order valence-corrected chi connectivity index (χ1v) is 10.2. The number of halogens is 1. The van der Waals surface area contributed by atoms with Crippen molar-refractivity contribution in [2.45, 2.75) is 59.5 Å². The summed E-state index contributed by atoms with van der Waals surface area (Å²) in [6.45, 7) is 14.7. The van der Waals surface area contributed by atoms with Gasteiger partial charge in [-0.1, -0.05) is 6.07 Å². The van der Waals surface area contributed by atoms with E-state index in [2.05, 4.69) is 65.7 Å². The van der Waals surface area contributed by atoms with Crippen LogP contribution in [-0.2, 0) is 6.42 Å². The molecule has 2 heterocycles. The Bertz CT molecular complexity index is 669. The van der Waals surface area contributed by atoms with Gasteiger partial charge in [-0.05, 0) is 53.2 Å². The number of imidazole rings is 1. The summed E-state index contributed by atoms with van der Waals surface area (Å²) in [6.07, 6.45) is 6.07. The molecule has 0 aliphatic rings. The van der Waals surface area contributed by atoms with Crippen molar-refractivity contribution in [2.24, 2.45) is 4.99 Å². The van der Waals surface area contributed by atoms with Crippen LogP contribution in [0, 0.1) is 0 Å². The number of hydrogen-bond donors (Lipinski definition) is 2. The Kier molecular flexibility index (Phi) is 11.4. The Hall–Kier alpha value is -1.35. The smallest absolute Gasteiger partial charge is 0.191 e. The summed E-state index contributed by atoms with van der Waals surface area (Å²) in [5.74, 6) is 0.891. The molecular formula is C21H37IN6. The zero-order valence-corrected chi connectivity index (χ0v) is 20.3. The number of pyridine rings is 1. The minimum absolute atomic E-state index is 0. The van der Waals surface area contributed by atoms with Gasteiger partial charge in [0.05, 0.1) is 5.69 Å². The molecule has 0 aliphatic carbocycles. The Morgan fingerprint density at radius 1 is 1.18 bits per heavy atom. The molecule has 2 rings (SSSR count). The number of nitrogens with one attached hydrogen (secondary N) is 2. The van der Waals surface area contributed by atoms with Crippen LogP contribution in [0.4, 0.5) is 0 Å². The topological polar surface area (TPSA) is 57.0 Å². The van der Waals surface area contributed by atoms with Crippen molar-refractivity contribution in [3.8, 4) is 0 Å². The molecule has 0 bridgehead atoms. The van der Waals surface area contributed by atoms with E-state index >= 15 is 0 Å². The largest absolute Gasteiger partial charge is 0.357 e. The molecule has 0 saturated heterocycles. The van der Waals surface area contributed by atoms with Gasteiger partial charge in [0, 0.05) is 57.1 Å². The minimum Gasteiger partial charge on any atom is -0.357 e. The fourth-order valence-corrected chi connectivity index (χ4v) is 3.32. The molecule has 0 fully saturated rings. The van der Waals surface area contributed by atoms with E-state index in [1.165, 1.54) is 0 Å². The lowest BCUT2D eigenvalue weighted by Crippen LogP contribution is -2.39. The third-order valence-corrected chi connectivity index (χ3v) is 4.60. The quantitative estimate of drug-likeness (QED) is 0.227. The second kappa shape index (κ2) is 13.0. The highest BCUT2D eigenvalue weighted by atomic mass is 127. The Morgan fingerprint density at radius 3 is 2.57 bits per heavy atom. The van der Waals surface area contributed by atoms with Crippen molar-refractivity contribution in [1.82, 2.24) is 24.9 Å². The van der Waals surface area contributed by atoms with Crippen LogP contribution in [0.5, 0.6) is 0 Å². The second-order valence-electron chi connectivity index (χ2n) is 7.41. The fourth-order valence-electron chi connectivity index (χ4n) is 3.32. The van der Waals surface area contributed by atoms with E-state index in [1.807, 2.05) is 24.4 Å². The van der Waals surface area contributed by atoms with E-state index < -0.39 is 0 Å². The number of aromatic nitrogens is 2. The van der Waals surface area contributed by atoms with Gasteiger partial charge in [-0.25, -0.2) is 4.98 Å². The van der Waals surface area contributed by atoms with Gasteiger partial charge in [0.15, 0.2) is 5.96 Å². The maximum absolute atomic E-state index is 4.72. The molecule has 0 radical (unpaired) electrons. The van der Waals surface area contributed by atoms with Crippen molar-refractivity contribution in [1.29, 1.82) is 0 Å². The molecule has 0 atom stereocenters. The summed E-state index contributed by atoms with van der Waals surface area (Å²) in [5.41, 5.74) is 2.09. The average molecular weight is 500 g/mol. The summed E-state index contributed by atoms with van der Waals surface area (Å²) in [6, 6.07) is 7.21. The Morgan fingerprint density at radius 2 is 1.93 bits per heavy atom. The van der Waals surface area contributed by atoms with Gasteiger partial charge >= 0.3 is 0 Å². The van der Waals surface area contributed by atoms with Crippen molar-refractivity contribution in [2.75, 3.05) is 26.2 Å². The van der Waals surface area contributed by atoms with E-state index in [0.717, 1.165) is 56.3 Å². The molecule has 0 unspecified atom stereocenters. The van der Waals surface area contributed by atoms with E-state index in [-0.39, 0.29) is 24.0 Å². The summed E-state index contributed by atoms with van der Waals surface area (Å²) >= 11 is 0. The molecular weight excluding hydrogens is 463 g/mol. The number of fused-ring (bicyclic) bond motifs is 1. The molecule has 2 aromatic rings. The van der Waals surface area contributed by atoms with Crippen LogP contribution in [0.3, 0.4) is 0 Å². The van der Waals surface area contributed by atoms with E-state index in [1.54, 1.807) is 0 Å². The Labute approximate surface area is 187 Å². The van der Waals surface area contributed by atoms with Crippen molar-refractivity contribution < 1.29 is 0 Å². The van der Waals surface area contributed by atoms with Crippen LogP contribution >= 0.6 is 24.0 Å². The molecule has 0 aromatic carbocycles. The SMILES string of the molecule is CCNC(=NCCCN(C(C)C)C(C)C)NCCc1cn2ccccc2n1.I. The monoisotopic (exact) mass is 500 g/mol. The molecule has 2 aromatic heterocycles. The summed E-state index contributed by atoms with van der Waals surface area (Å²) in [4.78, 5) is 11.9. The number of guanidine groups is 1. The Balaban J connectivity index is 0.00000392. The summed E-state index contributed by atoms with van der Waals surface area (Å²) in [7, 11) is 0. The van der Waals surface area contributed by atoms with Crippen LogP contribution in [0.15, 0.2) is 35.6 Å². The van der Waals surface area contributed by atoms with Crippen molar-refractivity contribution in [3.63, 3.8) is 0 Å². The van der Waals surface area contributed by atoms with Crippen LogP contribution in [0.25, 0.3) is 5.65 Å². The molecule has 28 heavy (non-hydrogen) atoms. The third-order valence-electron chi connectivity index (χ3n) is 4.60. The number of hydrogen-bond acceptors (Lipinski definition) is 3. The molecule has 6 nitrogen and oxygen atoms in total. The molecule has 0 spiro atoms. The van der Waals surface area contributed by atoms with Gasteiger partial charge in [0.1, 0.15) is 5.65 Å². The van der Waals surface area contributed by atoms with Gasteiger partial charge in [-0.3, -0.25) is 9.89 Å². The zero-order chi connectivity index (χ0) is 19.6. The highest BCUT2D eigenvalue weighted by Crippen LogP contribution is 2.06. The van der Waals surface area contributed by atoms with Crippen molar-refractivity contribution in [3.05, 3.63) is 36.3 Å². The fraction of sp³-hybridized carbons (Fsp3) is 0.619. The normalized spacial score (nSPS) is 12.1. The van der Waals surface area contributed by atoms with Crippen molar-refractivity contribution >= 4 is 35.6 Å². The van der Waals surface area contributed by atoms with Crippen LogP contribution in [-0.4, -0.2) is 58.5 Å². The highest BCUT2D eigenvalue weighted by Gasteiger charge is 2.12. The van der Waals surface area contributed by atoms with E-state index in [0.29, 0.717) is 12.1 Å². The molecule has 0 saturated carbocycles. The van der Waals surface area contributed by atoms with Gasteiger partial charge < -0.3 is 15.0 Å². The first kappa shape index (κ1) is 24.7. The van der Waals surface area contributed by atoms with E-state index in [4.69, 9.17) is 4.99 Å². The van der Waals surface area contributed by atoms with Gasteiger partial charge in [-0.15, -0.1) is 24.0 Å². The number of nitrogens with zero attached hydrogens (tertiary/aromatic N) is 4. The molecule has 0 aliphatic heterocycles. The predicted molar refractivity (Wildman–Crippen MR) is 130 cm³/mol. The third kappa shape index (κ3) is 7.95. The molecule has 2 N–H and O–H groups in total. The number of rotatable bonds is 10. The number of aliphatic imine (C=N–C) groups is 1. The standard InChI is InChI=1S/C21H36N6.HI/c1-6-22-21(23-12-9-15-27(17(2)3)18(4)5)24-13-11-19-16-26-14-8-7-10-20(26)25-19;/h7-8,10,14,16-18H,6,9,11-13,15H2,1-5H3,(H2,22,23,24);1H. The molecule has 158 valence electrons. The predicted octanol–water partition coefficient (Wildman–Crippen LogP) is 3.56. The average Bonchev–Trinajstić information content (AvgIpc) is 3.03. The lowest BCUT2D eigenvalue weighted by molar-refractivity contribution is 0.174. The maximum Gasteiger partial charge on any atom is 0.191 e. The van der Waals surface area contributed by atoms with Crippen LogP contribution < -0.4 is 10.6 Å². The molecule has 7 heteroatoms. The van der Waals surface area contributed by atoms with Gasteiger partial charge in [-0.2, -0.15) is 0 Å². The van der Waals surface area contributed by atoms with E-state index in [9.17, 15) is 0 Å². The lowest BCUT2D eigenvalue weighted by Gasteiger charge is -2.30.